The van der Waals surface area contributed by atoms with Gasteiger partial charge < -0.3 is 0 Å². The number of aromatic nitrogens is 3. The van der Waals surface area contributed by atoms with Gasteiger partial charge in [0.2, 0.25) is 0 Å². The van der Waals surface area contributed by atoms with E-state index in [-0.39, 0.29) is 12.0 Å². The van der Waals surface area contributed by atoms with Gasteiger partial charge >= 0.3 is 17.1 Å². The third kappa shape index (κ3) is 4.87. The summed E-state index contributed by atoms with van der Waals surface area (Å²) in [5.74, 6) is 0.261. The zero-order valence-corrected chi connectivity index (χ0v) is 12.9. The summed E-state index contributed by atoms with van der Waals surface area (Å²) >= 11 is 0. The Morgan fingerprint density at radius 2 is 1.64 bits per heavy atom. The first-order valence-corrected chi connectivity index (χ1v) is 7.31. The molecule has 0 aliphatic heterocycles. The van der Waals surface area contributed by atoms with Gasteiger partial charge in [0.1, 0.15) is 0 Å². The van der Waals surface area contributed by atoms with E-state index in [2.05, 4.69) is 29.2 Å². The first kappa shape index (κ1) is 17.7. The number of hydrogen-bond acceptors (Lipinski definition) is 3. The first-order valence-electron chi connectivity index (χ1n) is 7.31. The SMILES string of the molecule is C=CCC(CC=CC)CC(CC=C)n1c(=O)[nH]c(=O)[nH]c1=O. The van der Waals surface area contributed by atoms with Crippen molar-refractivity contribution in [2.24, 2.45) is 5.92 Å². The first-order chi connectivity index (χ1) is 10.5. The van der Waals surface area contributed by atoms with Crippen LogP contribution in [-0.4, -0.2) is 14.5 Å². The van der Waals surface area contributed by atoms with E-state index in [1.165, 1.54) is 0 Å². The summed E-state index contributed by atoms with van der Waals surface area (Å²) in [7, 11) is 0. The summed E-state index contributed by atoms with van der Waals surface area (Å²) in [6.07, 6.45) is 10.2. The molecule has 6 heteroatoms. The van der Waals surface area contributed by atoms with Crippen LogP contribution in [0, 0.1) is 5.92 Å². The van der Waals surface area contributed by atoms with Gasteiger partial charge in [-0.15, -0.1) is 13.2 Å². The molecule has 0 spiro atoms. The van der Waals surface area contributed by atoms with Crippen LogP contribution in [0.25, 0.3) is 0 Å². The van der Waals surface area contributed by atoms with Gasteiger partial charge in [-0.25, -0.2) is 19.0 Å². The summed E-state index contributed by atoms with van der Waals surface area (Å²) in [5.41, 5.74) is -2.17. The molecule has 120 valence electrons. The number of aromatic amines is 2. The summed E-state index contributed by atoms with van der Waals surface area (Å²) in [6, 6.07) is -0.346. The van der Waals surface area contributed by atoms with Crippen molar-refractivity contribution < 1.29 is 0 Å². The second-order valence-corrected chi connectivity index (χ2v) is 5.17. The maximum Gasteiger partial charge on any atom is 0.333 e. The van der Waals surface area contributed by atoms with Crippen LogP contribution >= 0.6 is 0 Å². The largest absolute Gasteiger partial charge is 0.333 e. The van der Waals surface area contributed by atoms with Crippen molar-refractivity contribution in [3.8, 4) is 0 Å². The lowest BCUT2D eigenvalue weighted by atomic mass is 9.91. The highest BCUT2D eigenvalue weighted by Crippen LogP contribution is 2.24. The van der Waals surface area contributed by atoms with Crippen molar-refractivity contribution in [3.63, 3.8) is 0 Å². The maximum absolute atomic E-state index is 11.9. The Balaban J connectivity index is 3.15. The minimum Gasteiger partial charge on any atom is -0.259 e. The monoisotopic (exact) mass is 305 g/mol. The second-order valence-electron chi connectivity index (χ2n) is 5.17. The lowest BCUT2D eigenvalue weighted by molar-refractivity contribution is 0.347. The molecule has 0 saturated carbocycles. The molecule has 1 aromatic rings. The molecule has 6 nitrogen and oxygen atoms in total. The molecular formula is C16H23N3O3. The summed E-state index contributed by atoms with van der Waals surface area (Å²) < 4.78 is 1.06. The van der Waals surface area contributed by atoms with Gasteiger partial charge in [0.15, 0.2) is 0 Å². The quantitative estimate of drug-likeness (QED) is 0.683. The van der Waals surface area contributed by atoms with E-state index in [0.717, 1.165) is 17.4 Å². The summed E-state index contributed by atoms with van der Waals surface area (Å²) in [6.45, 7) is 9.39. The predicted molar refractivity (Wildman–Crippen MR) is 88.1 cm³/mol. The molecule has 0 bridgehead atoms. The molecule has 0 radical (unpaired) electrons. The van der Waals surface area contributed by atoms with Crippen molar-refractivity contribution in [1.82, 2.24) is 14.5 Å². The normalized spacial score (nSPS) is 13.9. The van der Waals surface area contributed by atoms with E-state index < -0.39 is 17.1 Å². The van der Waals surface area contributed by atoms with Crippen molar-refractivity contribution >= 4 is 0 Å². The van der Waals surface area contributed by atoms with Crippen molar-refractivity contribution in [1.29, 1.82) is 0 Å². The molecule has 1 aromatic heterocycles. The van der Waals surface area contributed by atoms with Crippen LogP contribution in [0.4, 0.5) is 0 Å². The Kier molecular flexibility index (Phi) is 7.08. The lowest BCUT2D eigenvalue weighted by Crippen LogP contribution is -2.45. The average Bonchev–Trinajstić information content (AvgIpc) is 2.44. The number of nitrogens with one attached hydrogen (secondary N) is 2. The second kappa shape index (κ2) is 8.81. The van der Waals surface area contributed by atoms with Crippen molar-refractivity contribution in [2.45, 2.75) is 38.6 Å². The highest BCUT2D eigenvalue weighted by atomic mass is 16.2. The van der Waals surface area contributed by atoms with Gasteiger partial charge in [0.05, 0.1) is 0 Å². The fourth-order valence-corrected chi connectivity index (χ4v) is 2.51. The number of nitrogens with zero attached hydrogens (tertiary/aromatic N) is 1. The summed E-state index contributed by atoms with van der Waals surface area (Å²) in [5, 5.41) is 0. The van der Waals surface area contributed by atoms with Crippen LogP contribution in [0.1, 0.15) is 38.6 Å². The molecule has 0 aromatic carbocycles. The summed E-state index contributed by atoms with van der Waals surface area (Å²) in [4.78, 5) is 39.2. The van der Waals surface area contributed by atoms with Gasteiger partial charge in [-0.2, -0.15) is 0 Å². The Labute approximate surface area is 128 Å². The highest BCUT2D eigenvalue weighted by molar-refractivity contribution is 4.89. The van der Waals surface area contributed by atoms with Gasteiger partial charge in [-0.05, 0) is 38.5 Å². The molecule has 1 rings (SSSR count). The molecule has 0 saturated heterocycles. The molecule has 2 atom stereocenters. The van der Waals surface area contributed by atoms with Gasteiger partial charge in [0, 0.05) is 6.04 Å². The van der Waals surface area contributed by atoms with Crippen LogP contribution in [-0.2, 0) is 0 Å². The minimum atomic E-state index is -0.792. The van der Waals surface area contributed by atoms with Crippen molar-refractivity contribution in [3.05, 3.63) is 68.9 Å². The Morgan fingerprint density at radius 3 is 2.14 bits per heavy atom. The molecule has 2 unspecified atom stereocenters. The molecule has 0 amide bonds. The lowest BCUT2D eigenvalue weighted by Gasteiger charge is -2.22. The molecule has 1 heterocycles. The third-order valence-electron chi connectivity index (χ3n) is 3.49. The predicted octanol–water partition coefficient (Wildman–Crippen LogP) is 1.89. The third-order valence-corrected chi connectivity index (χ3v) is 3.49. The number of rotatable bonds is 9. The van der Waals surface area contributed by atoms with Gasteiger partial charge in [-0.1, -0.05) is 24.3 Å². The molecule has 0 fully saturated rings. The number of H-pyrrole nitrogens is 2. The van der Waals surface area contributed by atoms with Crippen LogP contribution in [0.5, 0.6) is 0 Å². The van der Waals surface area contributed by atoms with Crippen LogP contribution < -0.4 is 17.1 Å². The standard InChI is InChI=1S/C16H23N3O3/c1-4-7-10-12(8-5-2)11-13(9-6-3)19-15(21)17-14(20)18-16(19)22/h4-7,12-13H,2-3,8-11H2,1H3,(H2,17,18,20,21,22). The van der Waals surface area contributed by atoms with E-state index in [0.29, 0.717) is 12.8 Å². The Bertz CT molecular complexity index is 659. The van der Waals surface area contributed by atoms with E-state index in [9.17, 15) is 14.4 Å². The van der Waals surface area contributed by atoms with Gasteiger partial charge in [-0.3, -0.25) is 9.97 Å². The van der Waals surface area contributed by atoms with Crippen LogP contribution in [0.2, 0.25) is 0 Å². The van der Waals surface area contributed by atoms with Crippen LogP contribution in [0.3, 0.4) is 0 Å². The Morgan fingerprint density at radius 1 is 1.05 bits per heavy atom. The minimum absolute atomic E-state index is 0.261. The molecule has 22 heavy (non-hydrogen) atoms. The van der Waals surface area contributed by atoms with Crippen molar-refractivity contribution in [2.75, 3.05) is 0 Å². The fraction of sp³-hybridized carbons (Fsp3) is 0.438. The van der Waals surface area contributed by atoms with E-state index in [1.54, 1.807) is 6.08 Å². The zero-order chi connectivity index (χ0) is 16.5. The smallest absolute Gasteiger partial charge is 0.259 e. The van der Waals surface area contributed by atoms with Crippen LogP contribution in [0.15, 0.2) is 51.8 Å². The molecular weight excluding hydrogens is 282 g/mol. The average molecular weight is 305 g/mol. The highest BCUT2D eigenvalue weighted by Gasteiger charge is 2.19. The topological polar surface area (TPSA) is 87.7 Å². The zero-order valence-electron chi connectivity index (χ0n) is 12.9. The maximum atomic E-state index is 11.9. The number of allylic oxidation sites excluding steroid dienone is 4. The molecule has 0 aliphatic carbocycles. The van der Waals surface area contributed by atoms with Gasteiger partial charge in [0.25, 0.3) is 0 Å². The van der Waals surface area contributed by atoms with E-state index >= 15 is 0 Å². The van der Waals surface area contributed by atoms with E-state index in [1.807, 2.05) is 19.1 Å². The molecule has 0 aliphatic rings. The Hall–Kier alpha value is -2.37. The molecule has 2 N–H and O–H groups in total. The van der Waals surface area contributed by atoms with E-state index in [4.69, 9.17) is 0 Å². The fourth-order valence-electron chi connectivity index (χ4n) is 2.51. The number of hydrogen-bond donors (Lipinski definition) is 2.